The highest BCUT2D eigenvalue weighted by Crippen LogP contribution is 2.30. The van der Waals surface area contributed by atoms with Crippen LogP contribution in [0.2, 0.25) is 0 Å². The molecule has 0 radical (unpaired) electrons. The van der Waals surface area contributed by atoms with E-state index >= 15 is 0 Å². The SMILES string of the molecule is CCCN1C(=O)/C(=C/c2ccc(-c3cc(C(=O)O)ccc3C)o2)C(=O)N(c2ccccc2)C1=S. The van der Waals surface area contributed by atoms with Gasteiger partial charge >= 0.3 is 5.97 Å². The number of benzene rings is 2. The van der Waals surface area contributed by atoms with Crippen molar-refractivity contribution in [2.75, 3.05) is 11.4 Å². The van der Waals surface area contributed by atoms with E-state index in [4.69, 9.17) is 16.6 Å². The van der Waals surface area contributed by atoms with E-state index < -0.39 is 17.8 Å². The van der Waals surface area contributed by atoms with Crippen molar-refractivity contribution in [1.82, 2.24) is 4.90 Å². The molecule has 3 aromatic rings. The van der Waals surface area contributed by atoms with E-state index in [-0.39, 0.29) is 16.2 Å². The van der Waals surface area contributed by atoms with Crippen LogP contribution in [0.25, 0.3) is 17.4 Å². The monoisotopic (exact) mass is 474 g/mol. The van der Waals surface area contributed by atoms with Gasteiger partial charge in [-0.25, -0.2) is 4.79 Å². The van der Waals surface area contributed by atoms with Crippen molar-refractivity contribution >= 4 is 46.9 Å². The first-order chi connectivity index (χ1) is 16.3. The second-order valence-electron chi connectivity index (χ2n) is 7.81. The van der Waals surface area contributed by atoms with Gasteiger partial charge in [0.1, 0.15) is 17.1 Å². The molecule has 1 saturated heterocycles. The summed E-state index contributed by atoms with van der Waals surface area (Å²) in [7, 11) is 0. The number of aromatic carboxylic acids is 1. The predicted molar refractivity (Wildman–Crippen MR) is 132 cm³/mol. The summed E-state index contributed by atoms with van der Waals surface area (Å²) in [4.78, 5) is 40.7. The van der Waals surface area contributed by atoms with Crippen molar-refractivity contribution in [2.24, 2.45) is 0 Å². The minimum Gasteiger partial charge on any atom is -0.478 e. The molecule has 0 atom stereocenters. The molecule has 2 heterocycles. The summed E-state index contributed by atoms with van der Waals surface area (Å²) >= 11 is 5.49. The van der Waals surface area contributed by atoms with Gasteiger partial charge in [-0.05, 0) is 73.6 Å². The van der Waals surface area contributed by atoms with Gasteiger partial charge in [-0.15, -0.1) is 0 Å². The van der Waals surface area contributed by atoms with Gasteiger partial charge in [-0.2, -0.15) is 0 Å². The number of furan rings is 1. The second kappa shape index (κ2) is 9.44. The molecule has 172 valence electrons. The number of aryl methyl sites for hydroxylation is 1. The third kappa shape index (κ3) is 4.27. The number of carboxylic acids is 1. The third-order valence-corrected chi connectivity index (χ3v) is 5.86. The summed E-state index contributed by atoms with van der Waals surface area (Å²) in [5.41, 5.74) is 2.08. The number of thiocarbonyl (C=S) groups is 1. The number of anilines is 1. The van der Waals surface area contributed by atoms with Crippen molar-refractivity contribution in [2.45, 2.75) is 20.3 Å². The van der Waals surface area contributed by atoms with E-state index in [0.29, 0.717) is 35.7 Å². The first-order valence-corrected chi connectivity index (χ1v) is 11.1. The Hall–Kier alpha value is -4.04. The molecule has 0 aliphatic carbocycles. The zero-order chi connectivity index (χ0) is 24.4. The smallest absolute Gasteiger partial charge is 0.335 e. The van der Waals surface area contributed by atoms with Gasteiger partial charge in [0.15, 0.2) is 5.11 Å². The standard InChI is InChI=1S/C26H22N2O5S/c1-3-13-27-23(29)21(24(30)28(26(27)34)18-7-5-4-6-8-18)15-19-11-12-22(33-19)20-14-17(25(31)32)10-9-16(20)2/h4-12,14-15H,3,13H2,1-2H3,(H,31,32)/b21-15-. The lowest BCUT2D eigenvalue weighted by atomic mass is 10.0. The molecule has 0 spiro atoms. The summed E-state index contributed by atoms with van der Waals surface area (Å²) in [5, 5.41) is 9.44. The molecular formula is C26H22N2O5S. The quantitative estimate of drug-likeness (QED) is 0.310. The molecule has 1 N–H and O–H groups in total. The first kappa shape index (κ1) is 23.1. The lowest BCUT2D eigenvalue weighted by molar-refractivity contribution is -0.127. The Bertz CT molecular complexity index is 1330. The minimum absolute atomic E-state index is 0.0668. The van der Waals surface area contributed by atoms with Crippen molar-refractivity contribution in [3.63, 3.8) is 0 Å². The van der Waals surface area contributed by atoms with Gasteiger partial charge in [0.25, 0.3) is 11.8 Å². The van der Waals surface area contributed by atoms with Crippen LogP contribution in [0.1, 0.15) is 35.0 Å². The average Bonchev–Trinajstić information content (AvgIpc) is 3.29. The Morgan fingerprint density at radius 2 is 1.79 bits per heavy atom. The number of carboxylic acid groups (broad SMARTS) is 1. The molecule has 1 aliphatic heterocycles. The van der Waals surface area contributed by atoms with Crippen molar-refractivity contribution in [1.29, 1.82) is 0 Å². The van der Waals surface area contributed by atoms with Crippen LogP contribution >= 0.6 is 12.2 Å². The molecule has 7 nitrogen and oxygen atoms in total. The molecule has 1 aliphatic rings. The lowest BCUT2D eigenvalue weighted by Gasteiger charge is -2.36. The number of hydrogen-bond donors (Lipinski definition) is 1. The molecule has 0 unspecified atom stereocenters. The van der Waals surface area contributed by atoms with E-state index in [1.54, 1.807) is 42.5 Å². The average molecular weight is 475 g/mol. The van der Waals surface area contributed by atoms with Crippen molar-refractivity contribution in [3.05, 3.63) is 83.1 Å². The lowest BCUT2D eigenvalue weighted by Crippen LogP contribution is -2.56. The fraction of sp³-hybridized carbons (Fsp3) is 0.154. The molecule has 2 amide bonds. The first-order valence-electron chi connectivity index (χ1n) is 10.7. The van der Waals surface area contributed by atoms with Crippen LogP contribution in [0.15, 0.2) is 70.7 Å². The normalized spacial score (nSPS) is 15.4. The maximum absolute atomic E-state index is 13.4. The summed E-state index contributed by atoms with van der Waals surface area (Å²) in [5.74, 6) is -1.32. The Kier molecular flexibility index (Phi) is 6.43. The van der Waals surface area contributed by atoms with Crippen LogP contribution in [-0.4, -0.2) is 39.4 Å². The van der Waals surface area contributed by atoms with Gasteiger partial charge in [0.05, 0.1) is 11.3 Å². The molecule has 1 aromatic heterocycles. The zero-order valence-electron chi connectivity index (χ0n) is 18.6. The summed E-state index contributed by atoms with van der Waals surface area (Å²) in [6.45, 7) is 4.14. The van der Waals surface area contributed by atoms with Crippen molar-refractivity contribution in [3.8, 4) is 11.3 Å². The summed E-state index contributed by atoms with van der Waals surface area (Å²) in [6.07, 6.45) is 2.07. The molecule has 0 saturated carbocycles. The largest absolute Gasteiger partial charge is 0.478 e. The zero-order valence-corrected chi connectivity index (χ0v) is 19.5. The maximum atomic E-state index is 13.4. The van der Waals surface area contributed by atoms with Crippen molar-refractivity contribution < 1.29 is 23.9 Å². The molecule has 4 rings (SSSR count). The number of amides is 2. The minimum atomic E-state index is -1.04. The van der Waals surface area contributed by atoms with E-state index in [0.717, 1.165) is 5.56 Å². The molecule has 2 aromatic carbocycles. The Labute approximate surface area is 201 Å². The fourth-order valence-corrected chi connectivity index (χ4v) is 4.10. The second-order valence-corrected chi connectivity index (χ2v) is 8.18. The third-order valence-electron chi connectivity index (χ3n) is 5.46. The predicted octanol–water partition coefficient (Wildman–Crippen LogP) is 4.91. The molecule has 0 bridgehead atoms. The number of nitrogens with zero attached hydrogens (tertiary/aromatic N) is 2. The van der Waals surface area contributed by atoms with E-state index in [1.807, 2.05) is 19.9 Å². The number of para-hydroxylation sites is 1. The van der Waals surface area contributed by atoms with E-state index in [1.165, 1.54) is 28.0 Å². The highest BCUT2D eigenvalue weighted by atomic mass is 32.1. The van der Waals surface area contributed by atoms with Gasteiger partial charge < -0.3 is 9.52 Å². The van der Waals surface area contributed by atoms with Gasteiger partial charge in [0.2, 0.25) is 0 Å². The number of carbonyl (C=O) groups excluding carboxylic acids is 2. The fourth-order valence-electron chi connectivity index (χ4n) is 3.74. The van der Waals surface area contributed by atoms with Gasteiger partial charge in [-0.1, -0.05) is 31.2 Å². The van der Waals surface area contributed by atoms with E-state index in [2.05, 4.69) is 0 Å². The van der Waals surface area contributed by atoms with Crippen LogP contribution < -0.4 is 4.90 Å². The van der Waals surface area contributed by atoms with E-state index in [9.17, 15) is 19.5 Å². The number of hydrogen-bond acceptors (Lipinski definition) is 5. The summed E-state index contributed by atoms with van der Waals surface area (Å²) in [6, 6.07) is 17.0. The molecule has 8 heteroatoms. The Balaban J connectivity index is 1.75. The maximum Gasteiger partial charge on any atom is 0.335 e. The molecular weight excluding hydrogens is 452 g/mol. The number of carbonyl (C=O) groups is 3. The molecule has 34 heavy (non-hydrogen) atoms. The highest BCUT2D eigenvalue weighted by Gasteiger charge is 2.40. The van der Waals surface area contributed by atoms with Crippen LogP contribution in [0.5, 0.6) is 0 Å². The van der Waals surface area contributed by atoms with Crippen LogP contribution in [0.3, 0.4) is 0 Å². The molecule has 1 fully saturated rings. The topological polar surface area (TPSA) is 91.1 Å². The van der Waals surface area contributed by atoms with Gasteiger partial charge in [-0.3, -0.25) is 19.4 Å². The van der Waals surface area contributed by atoms with Crippen LogP contribution in [0.4, 0.5) is 5.69 Å². The van der Waals surface area contributed by atoms with Gasteiger partial charge in [0, 0.05) is 12.1 Å². The highest BCUT2D eigenvalue weighted by molar-refractivity contribution is 7.80. The van der Waals surface area contributed by atoms with Crippen LogP contribution in [0, 0.1) is 6.92 Å². The number of rotatable bonds is 6. The van der Waals surface area contributed by atoms with Crippen LogP contribution in [-0.2, 0) is 9.59 Å². The summed E-state index contributed by atoms with van der Waals surface area (Å²) < 4.78 is 5.90. The Morgan fingerprint density at radius 1 is 1.06 bits per heavy atom. The Morgan fingerprint density at radius 3 is 2.47 bits per heavy atom.